The molecule has 0 spiro atoms. The normalized spacial score (nSPS) is 10.2. The Labute approximate surface area is 103 Å². The molecule has 1 heteroatoms. The van der Waals surface area contributed by atoms with Crippen LogP contribution in [0.2, 0.25) is 19.6 Å². The van der Waals surface area contributed by atoms with Gasteiger partial charge in [-0.2, -0.15) is 0 Å². The van der Waals surface area contributed by atoms with E-state index in [1.54, 1.807) is 0 Å². The van der Waals surface area contributed by atoms with Crippen LogP contribution in [0.4, 0.5) is 0 Å². The van der Waals surface area contributed by atoms with Gasteiger partial charge in [-0.15, -0.1) is 17.2 Å². The van der Waals surface area contributed by atoms with Gasteiger partial charge in [-0.05, 0) is 31.3 Å². The zero-order valence-electron chi connectivity index (χ0n) is 11.4. The lowest BCUT2D eigenvalue weighted by Crippen LogP contribution is -2.16. The first-order valence-electron chi connectivity index (χ1n) is 6.37. The summed E-state index contributed by atoms with van der Waals surface area (Å²) in [5.41, 5.74) is 7.86. The van der Waals surface area contributed by atoms with Crippen molar-refractivity contribution in [2.24, 2.45) is 0 Å². The molecule has 0 unspecified atom stereocenters. The third-order valence-corrected chi connectivity index (χ3v) is 3.25. The minimum absolute atomic E-state index is 1.03. The SMILES string of the molecule is C=C=C(CCCC)CCCC#C[Si](C)(C)C. The van der Waals surface area contributed by atoms with Crippen LogP contribution >= 0.6 is 0 Å². The van der Waals surface area contributed by atoms with E-state index < -0.39 is 8.07 Å². The van der Waals surface area contributed by atoms with E-state index in [0.29, 0.717) is 0 Å². The van der Waals surface area contributed by atoms with Gasteiger partial charge in [-0.25, -0.2) is 0 Å². The molecule has 90 valence electrons. The molecule has 0 nitrogen and oxygen atoms in total. The van der Waals surface area contributed by atoms with Crippen molar-refractivity contribution < 1.29 is 0 Å². The summed E-state index contributed by atoms with van der Waals surface area (Å²) in [7, 11) is -1.16. The van der Waals surface area contributed by atoms with Crippen molar-refractivity contribution >= 4 is 8.07 Å². The highest BCUT2D eigenvalue weighted by atomic mass is 28.3. The van der Waals surface area contributed by atoms with Gasteiger partial charge in [0.25, 0.3) is 0 Å². The summed E-state index contributed by atoms with van der Waals surface area (Å²) in [6.07, 6.45) is 7.00. The van der Waals surface area contributed by atoms with Crippen molar-refractivity contribution in [3.05, 3.63) is 17.9 Å². The molecule has 0 saturated heterocycles. The molecule has 0 aromatic heterocycles. The molecule has 0 amide bonds. The molecule has 0 aromatic rings. The van der Waals surface area contributed by atoms with Crippen molar-refractivity contribution in [1.82, 2.24) is 0 Å². The van der Waals surface area contributed by atoms with Crippen LogP contribution in [0.25, 0.3) is 0 Å². The largest absolute Gasteiger partial charge is 0.132 e. The molecular weight excluding hydrogens is 208 g/mol. The fourth-order valence-electron chi connectivity index (χ4n) is 1.41. The van der Waals surface area contributed by atoms with Crippen LogP contribution in [0.3, 0.4) is 0 Å². The molecule has 0 fully saturated rings. The molecule has 0 bridgehead atoms. The van der Waals surface area contributed by atoms with E-state index in [-0.39, 0.29) is 0 Å². The second kappa shape index (κ2) is 8.45. The average Bonchev–Trinajstić information content (AvgIpc) is 2.20. The maximum atomic E-state index is 3.76. The second-order valence-corrected chi connectivity index (χ2v) is 10.0. The molecule has 0 aliphatic carbocycles. The number of rotatable bonds is 6. The Morgan fingerprint density at radius 3 is 2.25 bits per heavy atom. The van der Waals surface area contributed by atoms with Gasteiger partial charge in [0.1, 0.15) is 8.07 Å². The Kier molecular flexibility index (Phi) is 8.08. The lowest BCUT2D eigenvalue weighted by Gasteiger charge is -2.04. The maximum Gasteiger partial charge on any atom is 0.129 e. The van der Waals surface area contributed by atoms with E-state index in [1.807, 2.05) is 0 Å². The number of hydrogen-bond donors (Lipinski definition) is 0. The summed E-state index contributed by atoms with van der Waals surface area (Å²) in [4.78, 5) is 0. The van der Waals surface area contributed by atoms with E-state index in [4.69, 9.17) is 0 Å². The molecule has 16 heavy (non-hydrogen) atoms. The van der Waals surface area contributed by atoms with Gasteiger partial charge in [-0.1, -0.05) is 39.6 Å². The van der Waals surface area contributed by atoms with Gasteiger partial charge in [0.15, 0.2) is 0 Å². The van der Waals surface area contributed by atoms with Crippen LogP contribution in [0.1, 0.15) is 45.4 Å². The van der Waals surface area contributed by atoms with E-state index in [9.17, 15) is 0 Å². The van der Waals surface area contributed by atoms with Gasteiger partial charge < -0.3 is 0 Å². The number of unbranched alkanes of at least 4 members (excludes halogenated alkanes) is 2. The summed E-state index contributed by atoms with van der Waals surface area (Å²) in [6, 6.07) is 0. The smallest absolute Gasteiger partial charge is 0.129 e. The molecule has 0 aromatic carbocycles. The predicted molar refractivity (Wildman–Crippen MR) is 77.2 cm³/mol. The van der Waals surface area contributed by atoms with Crippen LogP contribution in [-0.4, -0.2) is 8.07 Å². The van der Waals surface area contributed by atoms with E-state index >= 15 is 0 Å². The minimum atomic E-state index is -1.16. The highest BCUT2D eigenvalue weighted by Gasteiger charge is 2.06. The molecule has 0 N–H and O–H groups in total. The Bertz CT molecular complexity index is 290. The van der Waals surface area contributed by atoms with Crippen LogP contribution in [0.5, 0.6) is 0 Å². The minimum Gasteiger partial charge on any atom is -0.132 e. The van der Waals surface area contributed by atoms with Crippen molar-refractivity contribution in [1.29, 1.82) is 0 Å². The first kappa shape index (κ1) is 15.3. The third-order valence-electron chi connectivity index (χ3n) is 2.33. The molecule has 0 saturated carbocycles. The Balaban J connectivity index is 3.79. The number of hydrogen-bond acceptors (Lipinski definition) is 0. The second-order valence-electron chi connectivity index (χ2n) is 5.29. The van der Waals surface area contributed by atoms with Crippen LogP contribution in [0.15, 0.2) is 17.9 Å². The lowest BCUT2D eigenvalue weighted by atomic mass is 10.0. The average molecular weight is 234 g/mol. The van der Waals surface area contributed by atoms with Crippen LogP contribution < -0.4 is 0 Å². The van der Waals surface area contributed by atoms with E-state index in [0.717, 1.165) is 12.8 Å². The van der Waals surface area contributed by atoms with Crippen LogP contribution in [0, 0.1) is 11.5 Å². The van der Waals surface area contributed by atoms with Gasteiger partial charge in [0, 0.05) is 6.42 Å². The van der Waals surface area contributed by atoms with E-state index in [2.05, 4.69) is 50.3 Å². The summed E-state index contributed by atoms with van der Waals surface area (Å²) in [5, 5.41) is 0. The Morgan fingerprint density at radius 1 is 1.12 bits per heavy atom. The topological polar surface area (TPSA) is 0 Å². The van der Waals surface area contributed by atoms with Gasteiger partial charge >= 0.3 is 0 Å². The van der Waals surface area contributed by atoms with Crippen molar-refractivity contribution in [3.63, 3.8) is 0 Å². The summed E-state index contributed by atoms with van der Waals surface area (Å²) >= 11 is 0. The molecule has 0 rings (SSSR count). The fourth-order valence-corrected chi connectivity index (χ4v) is 2.07. The molecule has 0 aliphatic heterocycles. The monoisotopic (exact) mass is 234 g/mol. The first-order valence-corrected chi connectivity index (χ1v) is 9.87. The molecule has 0 heterocycles. The Morgan fingerprint density at radius 2 is 1.75 bits per heavy atom. The van der Waals surface area contributed by atoms with Crippen molar-refractivity contribution in [3.8, 4) is 11.5 Å². The molecular formula is C15H26Si. The van der Waals surface area contributed by atoms with Gasteiger partial charge in [-0.3, -0.25) is 0 Å². The standard InChI is InChI=1S/C15H26Si/c1-6-8-12-15(7-2)13-10-9-11-14-16(3,4)5/h2,6,8-10,12-13H2,1,3-5H3. The molecule has 0 aliphatic rings. The lowest BCUT2D eigenvalue weighted by molar-refractivity contribution is 0.732. The van der Waals surface area contributed by atoms with Crippen molar-refractivity contribution in [2.45, 2.75) is 65.1 Å². The summed E-state index contributed by atoms with van der Waals surface area (Å²) in [6.45, 7) is 12.8. The summed E-state index contributed by atoms with van der Waals surface area (Å²) in [5.74, 6) is 3.31. The summed E-state index contributed by atoms with van der Waals surface area (Å²) < 4.78 is 0. The van der Waals surface area contributed by atoms with Crippen LogP contribution in [-0.2, 0) is 0 Å². The van der Waals surface area contributed by atoms with Gasteiger partial charge in [0.2, 0.25) is 0 Å². The molecule has 0 atom stereocenters. The quantitative estimate of drug-likeness (QED) is 0.264. The number of allylic oxidation sites excluding steroid dienone is 1. The zero-order chi connectivity index (χ0) is 12.4. The first-order chi connectivity index (χ1) is 7.49. The highest BCUT2D eigenvalue weighted by molar-refractivity contribution is 6.83. The fraction of sp³-hybridized carbons (Fsp3) is 0.667. The van der Waals surface area contributed by atoms with Crippen molar-refractivity contribution in [2.75, 3.05) is 0 Å². The van der Waals surface area contributed by atoms with Gasteiger partial charge in [0.05, 0.1) is 0 Å². The Hall–Kier alpha value is -0.703. The third kappa shape index (κ3) is 9.84. The highest BCUT2D eigenvalue weighted by Crippen LogP contribution is 2.13. The maximum absolute atomic E-state index is 3.76. The molecule has 0 radical (unpaired) electrons. The zero-order valence-corrected chi connectivity index (χ0v) is 12.4. The van der Waals surface area contributed by atoms with E-state index in [1.165, 1.54) is 31.3 Å². The predicted octanol–water partition coefficient (Wildman–Crippen LogP) is 4.94.